The average molecular weight is 280 g/mol. The molecule has 0 bridgehead atoms. The third-order valence-electron chi connectivity index (χ3n) is 2.72. The maximum atomic E-state index is 12.8. The molecule has 0 unspecified atom stereocenters. The molecule has 2 aromatic carbocycles. The largest absolute Gasteiger partial charge is 0.507 e. The number of nitrogens with one attached hydrogen (secondary N) is 1. The molecule has 3 nitrogen and oxygen atoms in total. The minimum atomic E-state index is -0.604. The molecule has 0 aliphatic heterocycles. The summed E-state index contributed by atoms with van der Waals surface area (Å²) in [5.74, 6) is -1.53. The lowest BCUT2D eigenvalue weighted by atomic mass is 10.1. The number of benzene rings is 2. The first-order chi connectivity index (χ1) is 8.99. The van der Waals surface area contributed by atoms with Gasteiger partial charge in [-0.25, -0.2) is 4.39 Å². The first-order valence-corrected chi connectivity index (χ1v) is 5.92. The predicted molar refractivity (Wildman–Crippen MR) is 72.2 cm³/mol. The SMILES string of the molecule is Cc1c(Cl)cccc1NC(=O)c1ccc(F)cc1O. The van der Waals surface area contributed by atoms with Gasteiger partial charge in [0.05, 0.1) is 5.56 Å². The molecule has 19 heavy (non-hydrogen) atoms. The number of carbonyl (C=O) groups excluding carboxylic acids is 1. The van der Waals surface area contributed by atoms with Crippen LogP contribution in [-0.2, 0) is 0 Å². The number of carbonyl (C=O) groups is 1. The second kappa shape index (κ2) is 5.28. The molecule has 2 N–H and O–H groups in total. The molecule has 0 spiro atoms. The molecule has 2 aromatic rings. The van der Waals surface area contributed by atoms with Gasteiger partial charge in [-0.15, -0.1) is 0 Å². The predicted octanol–water partition coefficient (Wildman–Crippen LogP) is 3.75. The summed E-state index contributed by atoms with van der Waals surface area (Å²) in [7, 11) is 0. The van der Waals surface area contributed by atoms with Crippen molar-refractivity contribution in [2.75, 3.05) is 5.32 Å². The molecule has 1 amide bonds. The smallest absolute Gasteiger partial charge is 0.259 e. The molecule has 0 saturated heterocycles. The van der Waals surface area contributed by atoms with E-state index >= 15 is 0 Å². The molecule has 0 aliphatic carbocycles. The molecular weight excluding hydrogens is 269 g/mol. The number of hydrogen-bond acceptors (Lipinski definition) is 2. The van der Waals surface area contributed by atoms with Gasteiger partial charge in [0, 0.05) is 16.8 Å². The first-order valence-electron chi connectivity index (χ1n) is 5.54. The minimum absolute atomic E-state index is 0.000718. The molecule has 0 heterocycles. The van der Waals surface area contributed by atoms with Gasteiger partial charge in [0.2, 0.25) is 0 Å². The van der Waals surface area contributed by atoms with Gasteiger partial charge >= 0.3 is 0 Å². The normalized spacial score (nSPS) is 10.3. The van der Waals surface area contributed by atoms with Gasteiger partial charge in [-0.1, -0.05) is 17.7 Å². The lowest BCUT2D eigenvalue weighted by molar-refractivity contribution is 0.102. The average Bonchev–Trinajstić information content (AvgIpc) is 2.34. The van der Waals surface area contributed by atoms with Crippen LogP contribution in [0.1, 0.15) is 15.9 Å². The highest BCUT2D eigenvalue weighted by atomic mass is 35.5. The Morgan fingerprint density at radius 1 is 1.32 bits per heavy atom. The van der Waals surface area contributed by atoms with Crippen molar-refractivity contribution in [2.45, 2.75) is 6.92 Å². The van der Waals surface area contributed by atoms with Gasteiger partial charge in [0.1, 0.15) is 11.6 Å². The van der Waals surface area contributed by atoms with Crippen molar-refractivity contribution < 1.29 is 14.3 Å². The van der Waals surface area contributed by atoms with Crippen LogP contribution in [0.4, 0.5) is 10.1 Å². The van der Waals surface area contributed by atoms with E-state index < -0.39 is 17.5 Å². The highest BCUT2D eigenvalue weighted by molar-refractivity contribution is 6.31. The highest BCUT2D eigenvalue weighted by Crippen LogP contribution is 2.25. The number of amides is 1. The lowest BCUT2D eigenvalue weighted by Gasteiger charge is -2.10. The summed E-state index contributed by atoms with van der Waals surface area (Å²) in [4.78, 5) is 12.0. The van der Waals surface area contributed by atoms with Crippen molar-refractivity contribution >= 4 is 23.2 Å². The third-order valence-corrected chi connectivity index (χ3v) is 3.13. The van der Waals surface area contributed by atoms with Gasteiger partial charge in [0.15, 0.2) is 0 Å². The summed E-state index contributed by atoms with van der Waals surface area (Å²) in [6.45, 7) is 1.77. The monoisotopic (exact) mass is 279 g/mol. The van der Waals surface area contributed by atoms with Crippen LogP contribution in [0.2, 0.25) is 5.02 Å². The van der Waals surface area contributed by atoms with E-state index in [1.165, 1.54) is 6.07 Å². The van der Waals surface area contributed by atoms with Gasteiger partial charge in [-0.3, -0.25) is 4.79 Å². The highest BCUT2D eigenvalue weighted by Gasteiger charge is 2.13. The Hall–Kier alpha value is -2.07. The molecule has 0 radical (unpaired) electrons. The maximum Gasteiger partial charge on any atom is 0.259 e. The molecule has 0 saturated carbocycles. The fourth-order valence-corrected chi connectivity index (χ4v) is 1.80. The Morgan fingerprint density at radius 2 is 2.05 bits per heavy atom. The van der Waals surface area contributed by atoms with Gasteiger partial charge in [0.25, 0.3) is 5.91 Å². The number of phenolic OH excluding ortho intramolecular Hbond substituents is 1. The standard InChI is InChI=1S/C14H11ClFNO2/c1-8-11(15)3-2-4-12(8)17-14(19)10-6-5-9(16)7-13(10)18/h2-7,18H,1H3,(H,17,19). The summed E-state index contributed by atoms with van der Waals surface area (Å²) in [6, 6.07) is 8.33. The van der Waals surface area contributed by atoms with E-state index in [1.54, 1.807) is 25.1 Å². The number of halogens is 2. The zero-order chi connectivity index (χ0) is 14.0. The number of rotatable bonds is 2. The van der Waals surface area contributed by atoms with Crippen LogP contribution in [0, 0.1) is 12.7 Å². The number of hydrogen-bond donors (Lipinski definition) is 2. The molecule has 2 rings (SSSR count). The second-order valence-corrected chi connectivity index (χ2v) is 4.44. The number of aromatic hydroxyl groups is 1. The molecule has 0 aliphatic rings. The van der Waals surface area contributed by atoms with Crippen LogP contribution in [0.15, 0.2) is 36.4 Å². The summed E-state index contributed by atoms with van der Waals surface area (Å²) < 4.78 is 12.8. The van der Waals surface area contributed by atoms with Gasteiger partial charge in [-0.2, -0.15) is 0 Å². The van der Waals surface area contributed by atoms with Crippen LogP contribution >= 0.6 is 11.6 Å². The Morgan fingerprint density at radius 3 is 2.74 bits per heavy atom. The summed E-state index contributed by atoms with van der Waals surface area (Å²) in [6.07, 6.45) is 0. The topological polar surface area (TPSA) is 49.3 Å². The van der Waals surface area contributed by atoms with E-state index in [9.17, 15) is 14.3 Å². The second-order valence-electron chi connectivity index (χ2n) is 4.03. The molecule has 98 valence electrons. The van der Waals surface area contributed by atoms with E-state index in [0.29, 0.717) is 10.7 Å². The van der Waals surface area contributed by atoms with Gasteiger partial charge < -0.3 is 10.4 Å². The van der Waals surface area contributed by atoms with E-state index in [1.807, 2.05) is 0 Å². The summed E-state index contributed by atoms with van der Waals surface area (Å²) in [5.41, 5.74) is 1.26. The van der Waals surface area contributed by atoms with Crippen molar-refractivity contribution in [3.63, 3.8) is 0 Å². The number of phenols is 1. The molecule has 5 heteroatoms. The quantitative estimate of drug-likeness (QED) is 0.880. The van der Waals surface area contributed by atoms with Crippen LogP contribution < -0.4 is 5.32 Å². The molecule has 0 atom stereocenters. The van der Waals surface area contributed by atoms with Crippen molar-refractivity contribution in [3.05, 3.63) is 58.4 Å². The Bertz CT molecular complexity index is 643. The van der Waals surface area contributed by atoms with Crippen LogP contribution in [-0.4, -0.2) is 11.0 Å². The minimum Gasteiger partial charge on any atom is -0.507 e. The third kappa shape index (κ3) is 2.85. The molecule has 0 fully saturated rings. The van der Waals surface area contributed by atoms with Crippen molar-refractivity contribution in [3.8, 4) is 5.75 Å². The van der Waals surface area contributed by atoms with Gasteiger partial charge in [-0.05, 0) is 36.8 Å². The summed E-state index contributed by atoms with van der Waals surface area (Å²) >= 11 is 5.95. The summed E-state index contributed by atoms with van der Waals surface area (Å²) in [5, 5.41) is 12.7. The van der Waals surface area contributed by atoms with Crippen molar-refractivity contribution in [1.82, 2.24) is 0 Å². The van der Waals surface area contributed by atoms with E-state index in [-0.39, 0.29) is 5.56 Å². The van der Waals surface area contributed by atoms with E-state index in [0.717, 1.165) is 17.7 Å². The van der Waals surface area contributed by atoms with Crippen LogP contribution in [0.5, 0.6) is 5.75 Å². The molecular formula is C14H11ClFNO2. The van der Waals surface area contributed by atoms with E-state index in [2.05, 4.69) is 5.32 Å². The van der Waals surface area contributed by atoms with Crippen molar-refractivity contribution in [2.24, 2.45) is 0 Å². The van der Waals surface area contributed by atoms with Crippen LogP contribution in [0.25, 0.3) is 0 Å². The molecule has 0 aromatic heterocycles. The lowest BCUT2D eigenvalue weighted by Crippen LogP contribution is -2.13. The Labute approximate surface area is 114 Å². The fourth-order valence-electron chi connectivity index (χ4n) is 1.63. The fraction of sp³-hybridized carbons (Fsp3) is 0.0714. The zero-order valence-electron chi connectivity index (χ0n) is 10.1. The maximum absolute atomic E-state index is 12.8. The Balaban J connectivity index is 2.28. The zero-order valence-corrected chi connectivity index (χ0v) is 10.8. The number of anilines is 1. The van der Waals surface area contributed by atoms with Crippen molar-refractivity contribution in [1.29, 1.82) is 0 Å². The van der Waals surface area contributed by atoms with E-state index in [4.69, 9.17) is 11.6 Å². The Kier molecular flexibility index (Phi) is 3.71. The first kappa shape index (κ1) is 13.4. The van der Waals surface area contributed by atoms with Crippen LogP contribution in [0.3, 0.4) is 0 Å².